The number of hydrogen-bond acceptors (Lipinski definition) is 1. The lowest BCUT2D eigenvalue weighted by molar-refractivity contribution is 0.130. The summed E-state index contributed by atoms with van der Waals surface area (Å²) in [6, 6.07) is 20.7. The van der Waals surface area contributed by atoms with Gasteiger partial charge in [0.2, 0.25) is 0 Å². The molecule has 0 aromatic heterocycles. The van der Waals surface area contributed by atoms with Crippen LogP contribution in [0, 0.1) is 12.0 Å². The molecule has 3 radical (unpaired) electrons. The minimum absolute atomic E-state index is 0.205. The molecule has 0 saturated carbocycles. The Morgan fingerprint density at radius 3 is 1.52 bits per heavy atom. The lowest BCUT2D eigenvalue weighted by atomic mass is 9.79. The molecule has 0 amide bonds. The van der Waals surface area contributed by atoms with Crippen molar-refractivity contribution in [1.29, 1.82) is 0 Å². The second kappa shape index (κ2) is 6.86. The molecule has 2 rings (SSSR count). The summed E-state index contributed by atoms with van der Waals surface area (Å²) in [6.45, 7) is 18.8. The van der Waals surface area contributed by atoms with Gasteiger partial charge in [0, 0.05) is 0 Å². The second-order valence-electron chi connectivity index (χ2n) is 7.30. The smallest absolute Gasteiger partial charge is 0.283 e. The average molecular weight is 322 g/mol. The SMILES string of the molecule is [C]=C(C(C)(C)C)C(C)(C)O[Si](c1ccccc1)c1ccccc1. The van der Waals surface area contributed by atoms with Crippen LogP contribution in [0.3, 0.4) is 0 Å². The number of hydrogen-bond donors (Lipinski definition) is 0. The van der Waals surface area contributed by atoms with Crippen LogP contribution in [0.2, 0.25) is 0 Å². The van der Waals surface area contributed by atoms with Crippen molar-refractivity contribution in [2.24, 2.45) is 5.41 Å². The van der Waals surface area contributed by atoms with E-state index in [1.807, 2.05) is 50.2 Å². The summed E-state index contributed by atoms with van der Waals surface area (Å²) in [7, 11) is -1.40. The normalized spacial score (nSPS) is 12.4. The summed E-state index contributed by atoms with van der Waals surface area (Å²) < 4.78 is 6.58. The van der Waals surface area contributed by atoms with E-state index in [0.29, 0.717) is 5.57 Å². The first-order valence-corrected chi connectivity index (χ1v) is 9.39. The van der Waals surface area contributed by atoms with E-state index in [1.54, 1.807) is 0 Å². The van der Waals surface area contributed by atoms with E-state index in [4.69, 9.17) is 11.0 Å². The van der Waals surface area contributed by atoms with Crippen molar-refractivity contribution in [3.63, 3.8) is 0 Å². The van der Waals surface area contributed by atoms with Gasteiger partial charge in [0.1, 0.15) is 0 Å². The fourth-order valence-corrected chi connectivity index (χ4v) is 4.84. The molecule has 0 aliphatic heterocycles. The molecule has 2 heteroatoms. The highest BCUT2D eigenvalue weighted by Gasteiger charge is 2.35. The van der Waals surface area contributed by atoms with Gasteiger partial charge in [-0.1, -0.05) is 81.4 Å². The summed E-state index contributed by atoms with van der Waals surface area (Å²) in [5, 5.41) is 2.41. The average Bonchev–Trinajstić information content (AvgIpc) is 2.53. The highest BCUT2D eigenvalue weighted by Crippen LogP contribution is 2.34. The molecule has 0 saturated heterocycles. The molecule has 0 unspecified atom stereocenters. The van der Waals surface area contributed by atoms with Crippen molar-refractivity contribution >= 4 is 19.4 Å². The summed E-state index contributed by atoms with van der Waals surface area (Å²) >= 11 is 0. The molecule has 0 atom stereocenters. The van der Waals surface area contributed by atoms with Gasteiger partial charge in [0.05, 0.1) is 5.60 Å². The molecule has 0 spiro atoms. The van der Waals surface area contributed by atoms with Gasteiger partial charge in [-0.25, -0.2) is 0 Å². The van der Waals surface area contributed by atoms with Crippen molar-refractivity contribution in [3.05, 3.63) is 72.8 Å². The topological polar surface area (TPSA) is 9.23 Å². The monoisotopic (exact) mass is 321 g/mol. The van der Waals surface area contributed by atoms with E-state index in [1.165, 1.54) is 10.4 Å². The quantitative estimate of drug-likeness (QED) is 0.760. The van der Waals surface area contributed by atoms with E-state index in [0.717, 1.165) is 0 Å². The van der Waals surface area contributed by atoms with Gasteiger partial charge in [-0.15, -0.1) is 0 Å². The largest absolute Gasteiger partial charge is 0.398 e. The van der Waals surface area contributed by atoms with Crippen LogP contribution in [0.25, 0.3) is 0 Å². The van der Waals surface area contributed by atoms with Gasteiger partial charge >= 0.3 is 0 Å². The molecule has 0 heterocycles. The van der Waals surface area contributed by atoms with E-state index in [2.05, 4.69) is 45.0 Å². The lowest BCUT2D eigenvalue weighted by Gasteiger charge is -2.38. The Hall–Kier alpha value is -1.64. The van der Waals surface area contributed by atoms with E-state index < -0.39 is 14.6 Å². The Morgan fingerprint density at radius 2 is 1.17 bits per heavy atom. The van der Waals surface area contributed by atoms with Crippen molar-refractivity contribution in [3.8, 4) is 0 Å². The third kappa shape index (κ3) is 4.43. The van der Waals surface area contributed by atoms with Gasteiger partial charge in [-0.3, -0.25) is 0 Å². The summed E-state index contributed by atoms with van der Waals surface area (Å²) in [5.41, 5.74) is -0.179. The first-order valence-electron chi connectivity index (χ1n) is 7.98. The molecule has 23 heavy (non-hydrogen) atoms. The standard InChI is InChI=1S/C21H25OSi/c1-17(20(2,3)4)21(5,6)22-23(18-13-9-7-10-14-18)19-15-11-8-12-16-19/h7-16H,2-6H3. The zero-order valence-electron chi connectivity index (χ0n) is 14.7. The van der Waals surface area contributed by atoms with Crippen molar-refractivity contribution in [1.82, 2.24) is 0 Å². The summed E-state index contributed by atoms with van der Waals surface area (Å²) in [4.78, 5) is 0. The van der Waals surface area contributed by atoms with E-state index >= 15 is 0 Å². The predicted molar refractivity (Wildman–Crippen MR) is 99.3 cm³/mol. The first kappa shape index (κ1) is 17.7. The van der Waals surface area contributed by atoms with Crippen LogP contribution in [0.5, 0.6) is 0 Å². The van der Waals surface area contributed by atoms with Crippen molar-refractivity contribution < 1.29 is 4.43 Å². The highest BCUT2D eigenvalue weighted by atomic mass is 28.3. The summed E-state index contributed by atoms with van der Waals surface area (Å²) in [6.07, 6.45) is 0. The molecule has 119 valence electrons. The predicted octanol–water partition coefficient (Wildman–Crippen LogP) is 3.87. The van der Waals surface area contributed by atoms with E-state index in [9.17, 15) is 0 Å². The molecule has 1 nitrogen and oxygen atoms in total. The highest BCUT2D eigenvalue weighted by molar-refractivity contribution is 6.80. The maximum absolute atomic E-state index is 8.55. The molecule has 0 aliphatic carbocycles. The first-order chi connectivity index (χ1) is 10.7. The molecule has 2 aromatic carbocycles. The molecule has 0 aliphatic rings. The van der Waals surface area contributed by atoms with Gasteiger partial charge < -0.3 is 4.43 Å². The van der Waals surface area contributed by atoms with Gasteiger partial charge in [0.15, 0.2) is 0 Å². The minimum Gasteiger partial charge on any atom is -0.398 e. The van der Waals surface area contributed by atoms with Crippen LogP contribution in [0.1, 0.15) is 34.6 Å². The zero-order chi connectivity index (χ0) is 17.1. The van der Waals surface area contributed by atoms with Gasteiger partial charge in [-0.05, 0) is 41.8 Å². The summed E-state index contributed by atoms with van der Waals surface area (Å²) in [5.74, 6) is 0. The zero-order valence-corrected chi connectivity index (χ0v) is 15.7. The van der Waals surface area contributed by atoms with Gasteiger partial charge in [-0.2, -0.15) is 0 Å². The molecule has 0 bridgehead atoms. The molecular formula is C21H25OSi. The molecule has 0 N–H and O–H groups in total. The van der Waals surface area contributed by atoms with Crippen LogP contribution in [0.15, 0.2) is 66.2 Å². The molecule has 2 aromatic rings. The Kier molecular flexibility index (Phi) is 5.28. The lowest BCUT2D eigenvalue weighted by Crippen LogP contribution is -2.51. The Labute approximate surface area is 142 Å². The van der Waals surface area contributed by atoms with Crippen LogP contribution < -0.4 is 10.4 Å². The van der Waals surface area contributed by atoms with E-state index in [-0.39, 0.29) is 5.41 Å². The maximum Gasteiger partial charge on any atom is 0.283 e. The molecular weight excluding hydrogens is 296 g/mol. The van der Waals surface area contributed by atoms with Crippen LogP contribution in [-0.2, 0) is 4.43 Å². The maximum atomic E-state index is 8.55. The van der Waals surface area contributed by atoms with Crippen LogP contribution in [-0.4, -0.2) is 14.6 Å². The Morgan fingerprint density at radius 1 is 0.783 bits per heavy atom. The van der Waals surface area contributed by atoms with Crippen molar-refractivity contribution in [2.75, 3.05) is 0 Å². The third-order valence-corrected chi connectivity index (χ3v) is 6.21. The fourth-order valence-electron chi connectivity index (χ4n) is 2.67. The third-order valence-electron chi connectivity index (χ3n) is 3.78. The minimum atomic E-state index is -1.40. The Balaban J connectivity index is 2.38. The number of rotatable bonds is 5. The van der Waals surface area contributed by atoms with Crippen LogP contribution >= 0.6 is 0 Å². The fraction of sp³-hybridized carbons (Fsp3) is 0.333. The van der Waals surface area contributed by atoms with Crippen molar-refractivity contribution in [2.45, 2.75) is 40.2 Å². The Bertz CT molecular complexity index is 599. The van der Waals surface area contributed by atoms with Gasteiger partial charge in [0.25, 0.3) is 9.04 Å². The van der Waals surface area contributed by atoms with Crippen LogP contribution in [0.4, 0.5) is 0 Å². The second-order valence-corrected chi connectivity index (χ2v) is 9.32. The molecule has 0 fully saturated rings. The number of benzene rings is 2.